The Hall–Kier alpha value is -2.65. The number of carbonyl (C=O) groups is 1. The Morgan fingerprint density at radius 3 is 2.70 bits per heavy atom. The van der Waals surface area contributed by atoms with E-state index in [1.54, 1.807) is 46.8 Å². The van der Waals surface area contributed by atoms with Crippen LogP contribution in [-0.4, -0.2) is 20.6 Å². The van der Waals surface area contributed by atoms with Crippen LogP contribution in [0.5, 0.6) is 0 Å². The van der Waals surface area contributed by atoms with Gasteiger partial charge in [-0.3, -0.25) is 14.9 Å². The number of hydrogen-bond donors (Lipinski definition) is 1. The monoisotopic (exact) mass is 444 g/mol. The molecule has 0 bridgehead atoms. The quantitative estimate of drug-likeness (QED) is 0.471. The van der Waals surface area contributed by atoms with Gasteiger partial charge in [0.1, 0.15) is 5.82 Å². The van der Waals surface area contributed by atoms with Crippen LogP contribution in [0.15, 0.2) is 53.0 Å². The lowest BCUT2D eigenvalue weighted by molar-refractivity contribution is -0.384. The molecule has 0 atom stereocenters. The molecule has 1 amide bonds. The number of thioether (sulfide) groups is 1. The minimum atomic E-state index is -0.445. The van der Waals surface area contributed by atoms with Crippen molar-refractivity contribution in [2.45, 2.75) is 11.5 Å². The Kier molecular flexibility index (Phi) is 4.71. The number of nitrogens with one attached hydrogen (secondary N) is 1. The Morgan fingerprint density at radius 2 is 2.00 bits per heavy atom. The average molecular weight is 445 g/mol. The van der Waals surface area contributed by atoms with Gasteiger partial charge in [-0.15, -0.1) is 0 Å². The highest BCUT2D eigenvalue weighted by molar-refractivity contribution is 9.10. The Bertz CT molecular complexity index is 1050. The maximum absolute atomic E-state index is 12.7. The fraction of sp³-hybridized carbons (Fsp3) is 0.111. The zero-order chi connectivity index (χ0) is 19.0. The van der Waals surface area contributed by atoms with E-state index in [4.69, 9.17) is 0 Å². The molecule has 27 heavy (non-hydrogen) atoms. The zero-order valence-electron chi connectivity index (χ0n) is 13.9. The van der Waals surface area contributed by atoms with E-state index < -0.39 is 4.92 Å². The molecule has 136 valence electrons. The molecule has 1 N–H and O–H groups in total. The lowest BCUT2D eigenvalue weighted by Gasteiger charge is -2.11. The molecule has 0 fully saturated rings. The fourth-order valence-electron chi connectivity index (χ4n) is 2.85. The number of carbonyl (C=O) groups excluding carboxylic acids is 1. The van der Waals surface area contributed by atoms with Gasteiger partial charge in [-0.2, -0.15) is 16.9 Å². The zero-order valence-corrected chi connectivity index (χ0v) is 16.3. The van der Waals surface area contributed by atoms with E-state index in [1.807, 2.05) is 6.07 Å². The molecule has 0 saturated heterocycles. The van der Waals surface area contributed by atoms with E-state index in [1.165, 1.54) is 12.1 Å². The molecule has 2 aromatic carbocycles. The van der Waals surface area contributed by atoms with Crippen molar-refractivity contribution in [3.05, 3.63) is 79.9 Å². The summed E-state index contributed by atoms with van der Waals surface area (Å²) in [5.74, 6) is 1.90. The summed E-state index contributed by atoms with van der Waals surface area (Å²) in [7, 11) is 0. The van der Waals surface area contributed by atoms with Gasteiger partial charge in [-0.25, -0.2) is 4.68 Å². The third-order valence-corrected chi connectivity index (χ3v) is 5.64. The second kappa shape index (κ2) is 7.16. The predicted octanol–water partition coefficient (Wildman–Crippen LogP) is 4.54. The lowest BCUT2D eigenvalue weighted by Crippen LogP contribution is -2.16. The first-order valence-corrected chi connectivity index (χ1v) is 9.98. The van der Waals surface area contributed by atoms with E-state index in [0.29, 0.717) is 17.1 Å². The van der Waals surface area contributed by atoms with E-state index in [0.717, 1.165) is 27.2 Å². The molecule has 0 aliphatic carbocycles. The topological polar surface area (TPSA) is 90.1 Å². The summed E-state index contributed by atoms with van der Waals surface area (Å²) in [5, 5.41) is 18.4. The lowest BCUT2D eigenvalue weighted by atomic mass is 10.2. The number of hydrogen-bond acceptors (Lipinski definition) is 5. The summed E-state index contributed by atoms with van der Waals surface area (Å²) in [6, 6.07) is 13.2. The highest BCUT2D eigenvalue weighted by Crippen LogP contribution is 2.36. The molecule has 3 aromatic rings. The predicted molar refractivity (Wildman–Crippen MR) is 107 cm³/mol. The molecule has 2 heterocycles. The summed E-state index contributed by atoms with van der Waals surface area (Å²) in [5.41, 5.74) is 3.10. The van der Waals surface area contributed by atoms with Gasteiger partial charge in [0.25, 0.3) is 11.6 Å². The number of benzene rings is 2. The molecule has 1 aliphatic heterocycles. The van der Waals surface area contributed by atoms with Crippen LogP contribution in [-0.2, 0) is 11.5 Å². The summed E-state index contributed by atoms with van der Waals surface area (Å²) in [6.07, 6.45) is 0. The normalized spacial score (nSPS) is 12.6. The van der Waals surface area contributed by atoms with E-state index >= 15 is 0 Å². The van der Waals surface area contributed by atoms with Crippen molar-refractivity contribution in [1.29, 1.82) is 0 Å². The summed E-state index contributed by atoms with van der Waals surface area (Å²) >= 11 is 5.11. The number of anilines is 1. The molecule has 0 saturated carbocycles. The van der Waals surface area contributed by atoms with Crippen LogP contribution in [0.25, 0.3) is 5.69 Å². The maximum atomic E-state index is 12.7. The van der Waals surface area contributed by atoms with Crippen molar-refractivity contribution in [2.75, 3.05) is 5.32 Å². The minimum Gasteiger partial charge on any atom is -0.306 e. The highest BCUT2D eigenvalue weighted by atomic mass is 79.9. The Morgan fingerprint density at radius 1 is 1.22 bits per heavy atom. The second-order valence-corrected chi connectivity index (χ2v) is 7.82. The summed E-state index contributed by atoms with van der Waals surface area (Å²) in [6.45, 7) is 0. The van der Waals surface area contributed by atoms with Crippen LogP contribution in [0.1, 0.15) is 21.6 Å². The van der Waals surface area contributed by atoms with Crippen LogP contribution in [0.4, 0.5) is 11.5 Å². The number of non-ortho nitro benzene ring substituents is 1. The largest absolute Gasteiger partial charge is 0.306 e. The van der Waals surface area contributed by atoms with Gasteiger partial charge < -0.3 is 5.32 Å². The number of aromatic nitrogens is 2. The first kappa shape index (κ1) is 17.7. The number of halogens is 1. The summed E-state index contributed by atoms with van der Waals surface area (Å²) in [4.78, 5) is 23.2. The van der Waals surface area contributed by atoms with Crippen LogP contribution in [0.2, 0.25) is 0 Å². The van der Waals surface area contributed by atoms with Gasteiger partial charge in [0.15, 0.2) is 0 Å². The fourth-order valence-corrected chi connectivity index (χ4v) is 4.29. The van der Waals surface area contributed by atoms with Gasteiger partial charge in [0, 0.05) is 39.2 Å². The van der Waals surface area contributed by atoms with Gasteiger partial charge in [0.05, 0.1) is 16.3 Å². The van der Waals surface area contributed by atoms with Crippen molar-refractivity contribution in [1.82, 2.24) is 9.78 Å². The molecular weight excluding hydrogens is 432 g/mol. The maximum Gasteiger partial charge on any atom is 0.269 e. The number of amides is 1. The van der Waals surface area contributed by atoms with Crippen LogP contribution in [0, 0.1) is 10.1 Å². The third-order valence-electron chi connectivity index (χ3n) is 4.18. The number of rotatable bonds is 4. The van der Waals surface area contributed by atoms with Crippen LogP contribution in [0.3, 0.4) is 0 Å². The number of nitro groups is 1. The van der Waals surface area contributed by atoms with Gasteiger partial charge in [-0.05, 0) is 30.3 Å². The van der Waals surface area contributed by atoms with Gasteiger partial charge in [0.2, 0.25) is 0 Å². The molecule has 9 heteroatoms. The van der Waals surface area contributed by atoms with Gasteiger partial charge >= 0.3 is 0 Å². The molecule has 4 rings (SSSR count). The third kappa shape index (κ3) is 3.47. The first-order chi connectivity index (χ1) is 13.0. The van der Waals surface area contributed by atoms with Crippen molar-refractivity contribution in [3.8, 4) is 5.69 Å². The molecule has 0 spiro atoms. The molecule has 0 radical (unpaired) electrons. The summed E-state index contributed by atoms with van der Waals surface area (Å²) < 4.78 is 2.46. The number of nitro benzene ring substituents is 1. The number of nitrogens with zero attached hydrogens (tertiary/aromatic N) is 3. The van der Waals surface area contributed by atoms with E-state index in [-0.39, 0.29) is 11.6 Å². The average Bonchev–Trinajstić information content (AvgIpc) is 3.24. The van der Waals surface area contributed by atoms with Gasteiger partial charge in [-0.1, -0.05) is 22.0 Å². The standard InChI is InChI=1S/C18H13BrN4O3S/c19-12-3-1-2-11(8-12)18(24)20-17-15-9-27-10-16(15)21-22(17)13-4-6-14(7-5-13)23(25)26/h1-8H,9-10H2,(H,20,24). The van der Waals surface area contributed by atoms with Crippen molar-refractivity contribution >= 4 is 45.1 Å². The van der Waals surface area contributed by atoms with Crippen LogP contribution < -0.4 is 5.32 Å². The molecule has 1 aliphatic rings. The Balaban J connectivity index is 1.71. The second-order valence-electron chi connectivity index (χ2n) is 5.92. The molecule has 7 nitrogen and oxygen atoms in total. The highest BCUT2D eigenvalue weighted by Gasteiger charge is 2.25. The smallest absolute Gasteiger partial charge is 0.269 e. The molecular formula is C18H13BrN4O3S. The van der Waals surface area contributed by atoms with Crippen LogP contribution >= 0.6 is 27.7 Å². The first-order valence-electron chi connectivity index (χ1n) is 8.03. The molecule has 1 aromatic heterocycles. The number of fused-ring (bicyclic) bond motifs is 1. The SMILES string of the molecule is O=C(Nc1c2c(nn1-c1ccc([N+](=O)[O-])cc1)CSC2)c1cccc(Br)c1. The Labute approximate surface area is 167 Å². The van der Waals surface area contributed by atoms with E-state index in [9.17, 15) is 14.9 Å². The van der Waals surface area contributed by atoms with Crippen molar-refractivity contribution in [2.24, 2.45) is 0 Å². The minimum absolute atomic E-state index is 0.00808. The van der Waals surface area contributed by atoms with Crippen molar-refractivity contribution < 1.29 is 9.72 Å². The molecule has 0 unspecified atom stereocenters. The van der Waals surface area contributed by atoms with Crippen molar-refractivity contribution in [3.63, 3.8) is 0 Å². The van der Waals surface area contributed by atoms with E-state index in [2.05, 4.69) is 26.3 Å².